The Morgan fingerprint density at radius 1 is 0.972 bits per heavy atom. The minimum absolute atomic E-state index is 0.0113. The molecule has 0 aliphatic rings. The van der Waals surface area contributed by atoms with E-state index in [-0.39, 0.29) is 12.1 Å². The van der Waals surface area contributed by atoms with E-state index in [0.29, 0.717) is 27.0 Å². The van der Waals surface area contributed by atoms with Gasteiger partial charge in [-0.1, -0.05) is 0 Å². The van der Waals surface area contributed by atoms with Crippen molar-refractivity contribution in [3.05, 3.63) is 39.8 Å². The molecule has 0 bridgehead atoms. The molecule has 0 aliphatic carbocycles. The quantitative estimate of drug-likeness (QED) is 0.410. The third-order valence-corrected chi connectivity index (χ3v) is 6.07. The van der Waals surface area contributed by atoms with Crippen molar-refractivity contribution in [3.8, 4) is 22.0 Å². The highest BCUT2D eigenvalue weighted by molar-refractivity contribution is 7.13. The Kier molecular flexibility index (Phi) is 8.09. The summed E-state index contributed by atoms with van der Waals surface area (Å²) < 4.78 is 10.8. The van der Waals surface area contributed by atoms with Gasteiger partial charge >= 0.3 is 18.0 Å². The monoisotopic (exact) mass is 532 g/mol. The van der Waals surface area contributed by atoms with Crippen molar-refractivity contribution in [3.63, 3.8) is 0 Å². The highest BCUT2D eigenvalue weighted by Crippen LogP contribution is 2.27. The number of carbonyl (C=O) groups excluding carboxylic acids is 2. The van der Waals surface area contributed by atoms with Crippen molar-refractivity contribution in [2.45, 2.75) is 65.2 Å². The molecule has 10 nitrogen and oxygen atoms in total. The third-order valence-electron chi connectivity index (χ3n) is 4.31. The zero-order chi connectivity index (χ0) is 26.7. The molecule has 1 amide bonds. The number of rotatable bonds is 7. The fourth-order valence-electron chi connectivity index (χ4n) is 2.89. The van der Waals surface area contributed by atoms with Crippen molar-refractivity contribution in [2.75, 3.05) is 0 Å². The Balaban J connectivity index is 1.75. The van der Waals surface area contributed by atoms with Crippen molar-refractivity contribution in [1.82, 2.24) is 20.3 Å². The van der Waals surface area contributed by atoms with Gasteiger partial charge < -0.3 is 19.9 Å². The molecular formula is C24H28N4O6S2. The van der Waals surface area contributed by atoms with Gasteiger partial charge in [0.15, 0.2) is 5.69 Å². The zero-order valence-electron chi connectivity index (χ0n) is 20.8. The number of amides is 1. The van der Waals surface area contributed by atoms with Crippen LogP contribution in [-0.4, -0.2) is 55.3 Å². The lowest BCUT2D eigenvalue weighted by Gasteiger charge is -2.26. The lowest BCUT2D eigenvalue weighted by atomic mass is 10.1. The summed E-state index contributed by atoms with van der Waals surface area (Å²) in [5.41, 5.74) is 0.439. The second-order valence-corrected chi connectivity index (χ2v) is 11.6. The van der Waals surface area contributed by atoms with E-state index in [2.05, 4.69) is 20.3 Å². The first-order valence-corrected chi connectivity index (χ1v) is 12.8. The Morgan fingerprint density at radius 3 is 2.22 bits per heavy atom. The molecule has 0 fully saturated rings. The SMILES string of the molecule is CC(C)(C)OC(=O)N[C@@H](Cc1nc(-c2ccc(-c3nc(C(=O)O)cs3)cn2)cs1)C(=O)OC(C)(C)C. The van der Waals surface area contributed by atoms with Crippen molar-refractivity contribution in [2.24, 2.45) is 0 Å². The van der Waals surface area contributed by atoms with Crippen LogP contribution in [0.4, 0.5) is 4.79 Å². The van der Waals surface area contributed by atoms with Gasteiger partial charge in [0.2, 0.25) is 0 Å². The molecule has 3 aromatic heterocycles. The van der Waals surface area contributed by atoms with E-state index in [1.165, 1.54) is 28.1 Å². The lowest BCUT2D eigenvalue weighted by molar-refractivity contribution is -0.157. The molecular weight excluding hydrogens is 504 g/mol. The molecule has 3 heterocycles. The van der Waals surface area contributed by atoms with Crippen LogP contribution in [0.25, 0.3) is 22.0 Å². The molecule has 1 atom stereocenters. The number of ether oxygens (including phenoxy) is 2. The first-order chi connectivity index (χ1) is 16.7. The highest BCUT2D eigenvalue weighted by Gasteiger charge is 2.30. The number of pyridine rings is 1. The molecule has 0 radical (unpaired) electrons. The molecule has 3 aromatic rings. The maximum Gasteiger partial charge on any atom is 0.408 e. The van der Waals surface area contributed by atoms with Crippen LogP contribution in [0.1, 0.15) is 57.0 Å². The van der Waals surface area contributed by atoms with E-state index < -0.39 is 35.3 Å². The number of hydrogen-bond donors (Lipinski definition) is 2. The first kappa shape index (κ1) is 27.2. The van der Waals surface area contributed by atoms with Crippen LogP contribution in [0.5, 0.6) is 0 Å². The summed E-state index contributed by atoms with van der Waals surface area (Å²) >= 11 is 2.55. The van der Waals surface area contributed by atoms with Crippen molar-refractivity contribution < 1.29 is 29.0 Å². The van der Waals surface area contributed by atoms with Gasteiger partial charge in [-0.2, -0.15) is 0 Å². The van der Waals surface area contributed by atoms with Crippen LogP contribution < -0.4 is 5.32 Å². The zero-order valence-corrected chi connectivity index (χ0v) is 22.5. The van der Waals surface area contributed by atoms with Crippen LogP contribution >= 0.6 is 22.7 Å². The fourth-order valence-corrected chi connectivity index (χ4v) is 4.51. The Hall–Kier alpha value is -3.38. The molecule has 0 saturated carbocycles. The molecule has 2 N–H and O–H groups in total. The van der Waals surface area contributed by atoms with Crippen LogP contribution in [-0.2, 0) is 20.7 Å². The number of carboxylic acids is 1. The van der Waals surface area contributed by atoms with Gasteiger partial charge in [0.1, 0.15) is 22.3 Å². The van der Waals surface area contributed by atoms with E-state index >= 15 is 0 Å². The molecule has 0 aromatic carbocycles. The summed E-state index contributed by atoms with van der Waals surface area (Å²) in [6, 6.07) is 2.57. The second-order valence-electron chi connectivity index (χ2n) is 9.84. The van der Waals surface area contributed by atoms with Gasteiger partial charge in [-0.3, -0.25) is 4.98 Å². The molecule has 192 valence electrons. The standard InChI is InChI=1S/C24H28N4O6S2/c1-23(2,3)33-21(31)15(28-22(32)34-24(4,5)6)9-18-26-16(11-35-18)14-8-7-13(10-25-14)19-27-17(12-36-19)20(29)30/h7-8,10-12,15H,9H2,1-6H3,(H,28,32)(H,29,30)/t15-/m0/s1. The van der Waals surface area contributed by atoms with E-state index in [9.17, 15) is 14.4 Å². The largest absolute Gasteiger partial charge is 0.476 e. The van der Waals surface area contributed by atoms with Crippen molar-refractivity contribution >= 4 is 40.7 Å². The number of aromatic carboxylic acids is 1. The Labute approximate surface area is 216 Å². The summed E-state index contributed by atoms with van der Waals surface area (Å²) in [6.07, 6.45) is 1.00. The van der Waals surface area contributed by atoms with Crippen LogP contribution in [0.3, 0.4) is 0 Å². The average molecular weight is 533 g/mol. The molecule has 0 aliphatic heterocycles. The van der Waals surface area contributed by atoms with Gasteiger partial charge in [0, 0.05) is 28.9 Å². The third kappa shape index (κ3) is 7.82. The number of esters is 1. The highest BCUT2D eigenvalue weighted by atomic mass is 32.1. The maximum atomic E-state index is 12.8. The van der Waals surface area contributed by atoms with Gasteiger partial charge in [0.05, 0.1) is 16.4 Å². The minimum Gasteiger partial charge on any atom is -0.476 e. The van der Waals surface area contributed by atoms with Gasteiger partial charge in [-0.15, -0.1) is 22.7 Å². The summed E-state index contributed by atoms with van der Waals surface area (Å²) in [6.45, 7) is 10.5. The summed E-state index contributed by atoms with van der Waals surface area (Å²) in [4.78, 5) is 49.3. The van der Waals surface area contributed by atoms with Gasteiger partial charge in [-0.25, -0.2) is 24.4 Å². The fraction of sp³-hybridized carbons (Fsp3) is 0.417. The van der Waals surface area contributed by atoms with Crippen LogP contribution in [0.15, 0.2) is 29.1 Å². The molecule has 12 heteroatoms. The Bertz CT molecular complexity index is 1240. The summed E-state index contributed by atoms with van der Waals surface area (Å²) in [5, 5.41) is 16.1. The predicted octanol–water partition coefficient (Wildman–Crippen LogP) is 4.80. The molecule has 0 spiro atoms. The van der Waals surface area contributed by atoms with Crippen LogP contribution in [0.2, 0.25) is 0 Å². The first-order valence-electron chi connectivity index (χ1n) is 11.0. The number of nitrogens with one attached hydrogen (secondary N) is 1. The Morgan fingerprint density at radius 2 is 1.67 bits per heavy atom. The number of alkyl carbamates (subject to hydrolysis) is 1. The molecule has 0 unspecified atom stereocenters. The normalized spacial score (nSPS) is 12.6. The molecule has 3 rings (SSSR count). The number of aromatic nitrogens is 3. The smallest absolute Gasteiger partial charge is 0.408 e. The number of nitrogens with zero attached hydrogens (tertiary/aromatic N) is 3. The molecule has 36 heavy (non-hydrogen) atoms. The topological polar surface area (TPSA) is 141 Å². The van der Waals surface area contributed by atoms with Crippen LogP contribution in [0, 0.1) is 0 Å². The predicted molar refractivity (Wildman–Crippen MR) is 136 cm³/mol. The van der Waals surface area contributed by atoms with Crippen molar-refractivity contribution in [1.29, 1.82) is 0 Å². The minimum atomic E-state index is -1.08. The van der Waals surface area contributed by atoms with E-state index in [0.717, 1.165) is 0 Å². The number of carbonyl (C=O) groups is 3. The average Bonchev–Trinajstić information content (AvgIpc) is 3.41. The number of thiazole rings is 2. The van der Waals surface area contributed by atoms with E-state index in [1.807, 2.05) is 5.38 Å². The summed E-state index contributed by atoms with van der Waals surface area (Å²) in [7, 11) is 0. The van der Waals surface area contributed by atoms with Gasteiger partial charge in [0.25, 0.3) is 0 Å². The maximum absolute atomic E-state index is 12.8. The lowest BCUT2D eigenvalue weighted by Crippen LogP contribution is -2.47. The summed E-state index contributed by atoms with van der Waals surface area (Å²) in [5.74, 6) is -1.67. The van der Waals surface area contributed by atoms with E-state index in [4.69, 9.17) is 14.6 Å². The number of carboxylic acid groups (broad SMARTS) is 1. The molecule has 0 saturated heterocycles. The van der Waals surface area contributed by atoms with Gasteiger partial charge in [-0.05, 0) is 53.7 Å². The van der Waals surface area contributed by atoms with E-state index in [1.54, 1.807) is 59.9 Å². The number of hydrogen-bond acceptors (Lipinski definition) is 10. The second kappa shape index (κ2) is 10.7.